The first-order valence-corrected chi connectivity index (χ1v) is 4.42. The molecule has 0 saturated heterocycles. The van der Waals surface area contributed by atoms with Crippen molar-refractivity contribution in [3.8, 4) is 11.8 Å². The molecule has 1 rings (SSSR count). The highest BCUT2D eigenvalue weighted by molar-refractivity contribution is 6.30. The van der Waals surface area contributed by atoms with Crippen LogP contribution in [0.15, 0.2) is 6.07 Å². The zero-order valence-corrected chi connectivity index (χ0v) is 8.91. The van der Waals surface area contributed by atoms with E-state index >= 15 is 0 Å². The molecular weight excluding hydrogens is 234 g/mol. The summed E-state index contributed by atoms with van der Waals surface area (Å²) in [5, 5.41) is 10.6. The lowest BCUT2D eigenvalue weighted by atomic mass is 10.2. The molecule has 82 valence electrons. The first-order valence-electron chi connectivity index (χ1n) is 4.05. The summed E-state index contributed by atoms with van der Waals surface area (Å²) < 4.78 is 0. The number of pyridine rings is 1. The van der Waals surface area contributed by atoms with Crippen LogP contribution in [0.3, 0.4) is 0 Å². The highest BCUT2D eigenvalue weighted by Gasteiger charge is 2.14. The van der Waals surface area contributed by atoms with Crippen LogP contribution in [-0.2, 0) is 4.79 Å². The molecule has 0 bridgehead atoms. The minimum absolute atomic E-state index is 0.00292. The summed E-state index contributed by atoms with van der Waals surface area (Å²) in [6.07, 6.45) is 0. The Balaban J connectivity index is 3.32. The molecular formula is C9H6ClN3O3. The van der Waals surface area contributed by atoms with E-state index < -0.39 is 10.8 Å². The predicted octanol–water partition coefficient (Wildman–Crippen LogP) is 0.788. The van der Waals surface area contributed by atoms with Crippen molar-refractivity contribution in [2.45, 2.75) is 6.92 Å². The van der Waals surface area contributed by atoms with Crippen molar-refractivity contribution < 1.29 is 9.72 Å². The lowest BCUT2D eigenvalue weighted by Crippen LogP contribution is -2.06. The monoisotopic (exact) mass is 239 g/mol. The van der Waals surface area contributed by atoms with E-state index in [4.69, 9.17) is 17.3 Å². The number of aryl methyl sites for hydroxylation is 1. The van der Waals surface area contributed by atoms with Crippen LogP contribution in [0, 0.1) is 28.9 Å². The lowest BCUT2D eigenvalue weighted by molar-refractivity contribution is -0.385. The van der Waals surface area contributed by atoms with Crippen LogP contribution in [0.25, 0.3) is 0 Å². The molecule has 1 heterocycles. The topological polar surface area (TPSA) is 99.1 Å². The molecule has 16 heavy (non-hydrogen) atoms. The first-order chi connectivity index (χ1) is 7.41. The van der Waals surface area contributed by atoms with Gasteiger partial charge in [-0.15, -0.1) is 0 Å². The molecule has 1 amide bonds. The maximum absolute atomic E-state index is 10.6. The number of nitro groups is 1. The molecule has 0 radical (unpaired) electrons. The second-order valence-electron chi connectivity index (χ2n) is 2.80. The van der Waals surface area contributed by atoms with Gasteiger partial charge in [0.15, 0.2) is 0 Å². The molecule has 0 saturated carbocycles. The minimum Gasteiger partial charge on any atom is -0.359 e. The third kappa shape index (κ3) is 2.68. The van der Waals surface area contributed by atoms with E-state index in [2.05, 4.69) is 10.9 Å². The first kappa shape index (κ1) is 11.9. The van der Waals surface area contributed by atoms with Crippen LogP contribution < -0.4 is 5.73 Å². The second-order valence-corrected chi connectivity index (χ2v) is 3.16. The normalized spacial score (nSPS) is 9.12. The zero-order chi connectivity index (χ0) is 12.3. The zero-order valence-electron chi connectivity index (χ0n) is 8.15. The number of rotatable bonds is 1. The van der Waals surface area contributed by atoms with Gasteiger partial charge in [-0.25, -0.2) is 4.98 Å². The molecule has 0 aliphatic carbocycles. The van der Waals surface area contributed by atoms with Crippen molar-refractivity contribution in [2.24, 2.45) is 5.73 Å². The molecule has 0 unspecified atom stereocenters. The Kier molecular flexibility index (Phi) is 3.43. The van der Waals surface area contributed by atoms with Gasteiger partial charge in [0.2, 0.25) is 0 Å². The van der Waals surface area contributed by atoms with Crippen LogP contribution in [-0.4, -0.2) is 15.8 Å². The van der Waals surface area contributed by atoms with E-state index in [9.17, 15) is 14.9 Å². The number of nitrogens with zero attached hydrogens (tertiary/aromatic N) is 2. The van der Waals surface area contributed by atoms with E-state index in [1.165, 1.54) is 6.92 Å². The van der Waals surface area contributed by atoms with Gasteiger partial charge in [-0.05, 0) is 6.92 Å². The molecule has 7 heteroatoms. The highest BCUT2D eigenvalue weighted by Crippen LogP contribution is 2.22. The highest BCUT2D eigenvalue weighted by atomic mass is 35.5. The number of hydrogen-bond acceptors (Lipinski definition) is 4. The third-order valence-corrected chi connectivity index (χ3v) is 1.95. The maximum atomic E-state index is 10.6. The molecule has 0 fully saturated rings. The SMILES string of the molecule is Cc1nc(Cl)c(C#CC(N)=O)cc1[N+](=O)[O-]. The number of primary amides is 1. The van der Waals surface area contributed by atoms with Gasteiger partial charge in [0.25, 0.3) is 11.6 Å². The summed E-state index contributed by atoms with van der Waals surface area (Å²) in [7, 11) is 0. The van der Waals surface area contributed by atoms with Crippen molar-refractivity contribution in [1.29, 1.82) is 0 Å². The Labute approximate surface area is 95.6 Å². The number of carbonyl (C=O) groups is 1. The fraction of sp³-hybridized carbons (Fsp3) is 0.111. The van der Waals surface area contributed by atoms with E-state index in [-0.39, 0.29) is 22.1 Å². The average Bonchev–Trinajstić information content (AvgIpc) is 2.15. The van der Waals surface area contributed by atoms with Gasteiger partial charge in [0.05, 0.1) is 10.5 Å². The van der Waals surface area contributed by atoms with E-state index in [0.29, 0.717) is 0 Å². The molecule has 0 spiro atoms. The standard InChI is InChI=1S/C9H6ClN3O3/c1-5-7(13(15)16)4-6(9(10)12-5)2-3-8(11)14/h4H,1H3,(H2,11,14). The Morgan fingerprint density at radius 1 is 1.69 bits per heavy atom. The third-order valence-electron chi connectivity index (χ3n) is 1.66. The Morgan fingerprint density at radius 2 is 2.31 bits per heavy atom. The predicted molar refractivity (Wildman–Crippen MR) is 56.7 cm³/mol. The van der Waals surface area contributed by atoms with Gasteiger partial charge in [-0.2, -0.15) is 0 Å². The summed E-state index contributed by atoms with van der Waals surface area (Å²) in [4.78, 5) is 24.2. The van der Waals surface area contributed by atoms with E-state index in [1.54, 1.807) is 0 Å². The molecule has 0 aliphatic rings. The Morgan fingerprint density at radius 3 is 2.81 bits per heavy atom. The fourth-order valence-electron chi connectivity index (χ4n) is 0.967. The number of halogens is 1. The second kappa shape index (κ2) is 4.59. The number of aromatic nitrogens is 1. The Bertz CT molecular complexity index is 531. The van der Waals surface area contributed by atoms with Gasteiger partial charge >= 0.3 is 0 Å². The number of carbonyl (C=O) groups excluding carboxylic acids is 1. The van der Waals surface area contributed by atoms with Crippen molar-refractivity contribution in [1.82, 2.24) is 4.98 Å². The largest absolute Gasteiger partial charge is 0.359 e. The summed E-state index contributed by atoms with van der Waals surface area (Å²) in [5.41, 5.74) is 4.87. The summed E-state index contributed by atoms with van der Waals surface area (Å²) in [5.74, 6) is 3.49. The average molecular weight is 240 g/mol. The van der Waals surface area contributed by atoms with Crippen molar-refractivity contribution in [2.75, 3.05) is 0 Å². The van der Waals surface area contributed by atoms with Crippen LogP contribution in [0.1, 0.15) is 11.3 Å². The van der Waals surface area contributed by atoms with E-state index in [1.807, 2.05) is 5.92 Å². The Hall–Kier alpha value is -2.13. The molecule has 1 aromatic heterocycles. The van der Waals surface area contributed by atoms with Crippen LogP contribution >= 0.6 is 11.6 Å². The molecule has 0 aromatic carbocycles. The smallest absolute Gasteiger partial charge is 0.293 e. The molecule has 1 aromatic rings. The van der Waals surface area contributed by atoms with Crippen LogP contribution in [0.2, 0.25) is 5.15 Å². The summed E-state index contributed by atoms with van der Waals surface area (Å²) in [6, 6.07) is 1.15. The van der Waals surface area contributed by atoms with Gasteiger partial charge < -0.3 is 5.73 Å². The lowest BCUT2D eigenvalue weighted by Gasteiger charge is -1.99. The van der Waals surface area contributed by atoms with Crippen molar-refractivity contribution in [3.63, 3.8) is 0 Å². The quantitative estimate of drug-likeness (QED) is 0.339. The van der Waals surface area contributed by atoms with Gasteiger partial charge in [-0.3, -0.25) is 14.9 Å². The fourth-order valence-corrected chi connectivity index (χ4v) is 1.20. The summed E-state index contributed by atoms with van der Waals surface area (Å²) in [6.45, 7) is 1.45. The molecule has 6 nitrogen and oxygen atoms in total. The van der Waals surface area contributed by atoms with Gasteiger partial charge in [-0.1, -0.05) is 17.5 Å². The van der Waals surface area contributed by atoms with Crippen LogP contribution in [0.4, 0.5) is 5.69 Å². The van der Waals surface area contributed by atoms with Crippen molar-refractivity contribution in [3.05, 3.63) is 32.6 Å². The van der Waals surface area contributed by atoms with Crippen molar-refractivity contribution >= 4 is 23.2 Å². The minimum atomic E-state index is -0.848. The molecule has 0 atom stereocenters. The number of nitrogens with two attached hydrogens (primary N) is 1. The molecule has 0 aliphatic heterocycles. The van der Waals surface area contributed by atoms with Gasteiger partial charge in [0.1, 0.15) is 10.8 Å². The summed E-state index contributed by atoms with van der Waals surface area (Å²) >= 11 is 5.70. The van der Waals surface area contributed by atoms with E-state index in [0.717, 1.165) is 6.07 Å². The number of hydrogen-bond donors (Lipinski definition) is 1. The molecule has 2 N–H and O–H groups in total. The van der Waals surface area contributed by atoms with Crippen LogP contribution in [0.5, 0.6) is 0 Å². The number of amides is 1. The maximum Gasteiger partial charge on any atom is 0.293 e. The van der Waals surface area contributed by atoms with Gasteiger partial charge in [0, 0.05) is 12.0 Å².